The molecule has 5 nitrogen and oxygen atoms in total. The Morgan fingerprint density at radius 1 is 1.20 bits per heavy atom. The van der Waals surface area contributed by atoms with E-state index in [4.69, 9.17) is 4.74 Å². The Morgan fingerprint density at radius 3 is 2.50 bits per heavy atom. The van der Waals surface area contributed by atoms with Crippen LogP contribution in [-0.2, 0) is 0 Å². The summed E-state index contributed by atoms with van der Waals surface area (Å²) in [5.41, 5.74) is 1.91. The zero-order chi connectivity index (χ0) is 14.5. The Hall–Kier alpha value is -2.56. The molecule has 0 aliphatic carbocycles. The van der Waals surface area contributed by atoms with Crippen molar-refractivity contribution in [3.05, 3.63) is 64.2 Å². The third-order valence-electron chi connectivity index (χ3n) is 3.05. The fourth-order valence-electron chi connectivity index (χ4n) is 1.93. The lowest BCUT2D eigenvalue weighted by atomic mass is 10.1. The summed E-state index contributed by atoms with van der Waals surface area (Å²) < 4.78 is 5.10. The van der Waals surface area contributed by atoms with Crippen molar-refractivity contribution in [1.29, 1.82) is 0 Å². The Kier molecular flexibility index (Phi) is 4.20. The number of methoxy groups -OCH3 is 1. The lowest BCUT2D eigenvalue weighted by molar-refractivity contribution is -0.384. The van der Waals surface area contributed by atoms with Crippen molar-refractivity contribution < 1.29 is 9.66 Å². The number of anilines is 1. The van der Waals surface area contributed by atoms with E-state index in [-0.39, 0.29) is 16.7 Å². The van der Waals surface area contributed by atoms with Crippen molar-refractivity contribution in [3.63, 3.8) is 0 Å². The number of benzene rings is 2. The highest BCUT2D eigenvalue weighted by Gasteiger charge is 2.10. The molecule has 0 saturated heterocycles. The normalized spacial score (nSPS) is 11.7. The average Bonchev–Trinajstić information content (AvgIpc) is 2.48. The molecule has 0 fully saturated rings. The van der Waals surface area contributed by atoms with E-state index in [1.807, 2.05) is 37.3 Å². The van der Waals surface area contributed by atoms with Crippen molar-refractivity contribution >= 4 is 11.4 Å². The molecule has 2 rings (SSSR count). The van der Waals surface area contributed by atoms with Gasteiger partial charge in [0.1, 0.15) is 5.75 Å². The molecule has 0 spiro atoms. The quantitative estimate of drug-likeness (QED) is 0.664. The molecule has 0 saturated carbocycles. The molecular weight excluding hydrogens is 256 g/mol. The van der Waals surface area contributed by atoms with Gasteiger partial charge >= 0.3 is 0 Å². The van der Waals surface area contributed by atoms with Crippen LogP contribution >= 0.6 is 0 Å². The second-order valence-electron chi connectivity index (χ2n) is 4.45. The van der Waals surface area contributed by atoms with Gasteiger partial charge < -0.3 is 10.1 Å². The van der Waals surface area contributed by atoms with Gasteiger partial charge in [0, 0.05) is 23.9 Å². The highest BCUT2D eigenvalue weighted by Crippen LogP contribution is 2.23. The van der Waals surface area contributed by atoms with E-state index in [9.17, 15) is 10.1 Å². The Morgan fingerprint density at radius 2 is 1.90 bits per heavy atom. The van der Waals surface area contributed by atoms with Crippen LogP contribution in [0.1, 0.15) is 18.5 Å². The standard InChI is InChI=1S/C15H16N2O3/c1-11(12-4-3-5-14(10-12)17(18)19)16-13-6-8-15(20-2)9-7-13/h3-11,16H,1-2H3/t11-/m1/s1. The number of nitro benzene ring substituents is 1. The fourth-order valence-corrected chi connectivity index (χ4v) is 1.93. The van der Waals surface area contributed by atoms with Crippen LogP contribution in [0.4, 0.5) is 11.4 Å². The number of hydrogen-bond acceptors (Lipinski definition) is 4. The smallest absolute Gasteiger partial charge is 0.269 e. The molecule has 0 unspecified atom stereocenters. The molecule has 0 aliphatic rings. The molecule has 2 aromatic carbocycles. The minimum Gasteiger partial charge on any atom is -0.497 e. The van der Waals surface area contributed by atoms with E-state index in [2.05, 4.69) is 5.32 Å². The largest absolute Gasteiger partial charge is 0.497 e. The number of rotatable bonds is 5. The van der Waals surface area contributed by atoms with Crippen molar-refractivity contribution in [1.82, 2.24) is 0 Å². The number of hydrogen-bond donors (Lipinski definition) is 1. The van der Waals surface area contributed by atoms with Crippen LogP contribution < -0.4 is 10.1 Å². The Balaban J connectivity index is 2.12. The van der Waals surface area contributed by atoms with Gasteiger partial charge in [-0.25, -0.2) is 0 Å². The first-order valence-electron chi connectivity index (χ1n) is 6.25. The van der Waals surface area contributed by atoms with E-state index in [0.717, 1.165) is 17.0 Å². The third kappa shape index (κ3) is 3.26. The van der Waals surface area contributed by atoms with Gasteiger partial charge in [-0.3, -0.25) is 10.1 Å². The minimum atomic E-state index is -0.385. The summed E-state index contributed by atoms with van der Waals surface area (Å²) in [6.45, 7) is 1.96. The van der Waals surface area contributed by atoms with Crippen molar-refractivity contribution in [2.75, 3.05) is 12.4 Å². The molecule has 0 radical (unpaired) electrons. The van der Waals surface area contributed by atoms with Crippen LogP contribution in [0.25, 0.3) is 0 Å². The summed E-state index contributed by atoms with van der Waals surface area (Å²) in [5.74, 6) is 0.790. The van der Waals surface area contributed by atoms with E-state index < -0.39 is 0 Å². The van der Waals surface area contributed by atoms with Crippen LogP contribution in [0.2, 0.25) is 0 Å². The predicted octanol–water partition coefficient (Wildman–Crippen LogP) is 3.78. The lowest BCUT2D eigenvalue weighted by Crippen LogP contribution is -2.06. The maximum absolute atomic E-state index is 10.8. The minimum absolute atomic E-state index is 0.0247. The van der Waals surface area contributed by atoms with E-state index in [0.29, 0.717) is 0 Å². The molecular formula is C15H16N2O3. The summed E-state index contributed by atoms with van der Waals surface area (Å²) in [6, 6.07) is 14.2. The number of ether oxygens (including phenoxy) is 1. The first kappa shape index (κ1) is 13.9. The molecule has 2 aromatic rings. The molecule has 0 bridgehead atoms. The maximum Gasteiger partial charge on any atom is 0.269 e. The summed E-state index contributed by atoms with van der Waals surface area (Å²) in [7, 11) is 1.62. The zero-order valence-corrected chi connectivity index (χ0v) is 11.4. The topological polar surface area (TPSA) is 64.4 Å². The Labute approximate surface area is 117 Å². The number of nitrogens with one attached hydrogen (secondary N) is 1. The number of nitrogens with zero attached hydrogens (tertiary/aromatic N) is 1. The molecule has 0 heterocycles. The van der Waals surface area contributed by atoms with Crippen LogP contribution in [0.5, 0.6) is 5.75 Å². The maximum atomic E-state index is 10.8. The van der Waals surface area contributed by atoms with Crippen LogP contribution in [-0.4, -0.2) is 12.0 Å². The van der Waals surface area contributed by atoms with E-state index in [1.54, 1.807) is 19.2 Å². The predicted molar refractivity (Wildman–Crippen MR) is 78.1 cm³/mol. The van der Waals surface area contributed by atoms with Crippen LogP contribution in [0.15, 0.2) is 48.5 Å². The van der Waals surface area contributed by atoms with Gasteiger partial charge in [-0.2, -0.15) is 0 Å². The molecule has 1 atom stereocenters. The number of non-ortho nitro benzene ring substituents is 1. The molecule has 0 aliphatic heterocycles. The van der Waals surface area contributed by atoms with Gasteiger partial charge in [0.25, 0.3) is 5.69 Å². The average molecular weight is 272 g/mol. The summed E-state index contributed by atoms with van der Waals surface area (Å²) in [5, 5.41) is 14.1. The SMILES string of the molecule is COc1ccc(N[C@H](C)c2cccc([N+](=O)[O-])c2)cc1. The lowest BCUT2D eigenvalue weighted by Gasteiger charge is -2.15. The highest BCUT2D eigenvalue weighted by atomic mass is 16.6. The zero-order valence-electron chi connectivity index (χ0n) is 11.4. The second-order valence-corrected chi connectivity index (χ2v) is 4.45. The van der Waals surface area contributed by atoms with Gasteiger partial charge in [0.2, 0.25) is 0 Å². The fraction of sp³-hybridized carbons (Fsp3) is 0.200. The van der Waals surface area contributed by atoms with Crippen molar-refractivity contribution in [2.45, 2.75) is 13.0 Å². The van der Waals surface area contributed by atoms with Gasteiger partial charge in [-0.15, -0.1) is 0 Å². The summed E-state index contributed by atoms with van der Waals surface area (Å²) >= 11 is 0. The van der Waals surface area contributed by atoms with Gasteiger partial charge in [0.15, 0.2) is 0 Å². The van der Waals surface area contributed by atoms with Crippen molar-refractivity contribution in [3.8, 4) is 5.75 Å². The summed E-state index contributed by atoms with van der Waals surface area (Å²) in [6.07, 6.45) is 0. The second kappa shape index (κ2) is 6.06. The van der Waals surface area contributed by atoms with Gasteiger partial charge in [-0.1, -0.05) is 12.1 Å². The molecule has 0 aromatic heterocycles. The highest BCUT2D eigenvalue weighted by molar-refractivity contribution is 5.49. The molecule has 104 valence electrons. The first-order chi connectivity index (χ1) is 9.60. The monoisotopic (exact) mass is 272 g/mol. The first-order valence-corrected chi connectivity index (χ1v) is 6.25. The molecule has 5 heteroatoms. The van der Waals surface area contributed by atoms with Crippen LogP contribution in [0, 0.1) is 10.1 Å². The molecule has 0 amide bonds. The Bertz CT molecular complexity index is 596. The third-order valence-corrected chi connectivity index (χ3v) is 3.05. The van der Waals surface area contributed by atoms with Gasteiger partial charge in [0.05, 0.1) is 12.0 Å². The molecule has 20 heavy (non-hydrogen) atoms. The van der Waals surface area contributed by atoms with E-state index >= 15 is 0 Å². The number of nitro groups is 1. The van der Waals surface area contributed by atoms with Crippen molar-refractivity contribution in [2.24, 2.45) is 0 Å². The van der Waals surface area contributed by atoms with Crippen LogP contribution in [0.3, 0.4) is 0 Å². The summed E-state index contributed by atoms with van der Waals surface area (Å²) in [4.78, 5) is 10.4. The van der Waals surface area contributed by atoms with E-state index in [1.165, 1.54) is 6.07 Å². The molecule has 1 N–H and O–H groups in total. The van der Waals surface area contributed by atoms with Gasteiger partial charge in [-0.05, 0) is 36.8 Å².